The molecular weight excluding hydrogens is 483 g/mol. The van der Waals surface area contributed by atoms with Gasteiger partial charge in [0.2, 0.25) is 9.84 Å². The molecule has 2 aromatic carbocycles. The van der Waals surface area contributed by atoms with E-state index in [0.717, 1.165) is 0 Å². The molecule has 0 radical (unpaired) electrons. The molecule has 1 heterocycles. The van der Waals surface area contributed by atoms with Crippen molar-refractivity contribution in [1.82, 2.24) is 0 Å². The van der Waals surface area contributed by atoms with E-state index in [9.17, 15) is 26.4 Å². The van der Waals surface area contributed by atoms with Gasteiger partial charge in [0, 0.05) is 12.0 Å². The first-order valence-electron chi connectivity index (χ1n) is 9.40. The van der Waals surface area contributed by atoms with Crippen LogP contribution in [-0.4, -0.2) is 34.2 Å². The van der Waals surface area contributed by atoms with Crippen molar-refractivity contribution < 1.29 is 26.4 Å². The van der Waals surface area contributed by atoms with Gasteiger partial charge in [-0.25, -0.2) is 16.8 Å². The molecule has 162 valence electrons. The second-order valence-electron chi connectivity index (χ2n) is 7.31. The summed E-state index contributed by atoms with van der Waals surface area (Å²) < 4.78 is 50.8. The lowest BCUT2D eigenvalue weighted by molar-refractivity contribution is -0.115. The highest BCUT2D eigenvalue weighted by Crippen LogP contribution is 2.38. The molecule has 4 rings (SSSR count). The van der Waals surface area contributed by atoms with E-state index < -0.39 is 36.8 Å². The van der Waals surface area contributed by atoms with Gasteiger partial charge in [-0.05, 0) is 49.1 Å². The lowest BCUT2D eigenvalue weighted by atomic mass is 9.91. The summed E-state index contributed by atoms with van der Waals surface area (Å²) in [7, 11) is -7.67. The Bertz CT molecular complexity index is 1390. The van der Waals surface area contributed by atoms with Crippen LogP contribution in [0.3, 0.4) is 0 Å². The molecule has 6 nitrogen and oxygen atoms in total. The van der Waals surface area contributed by atoms with E-state index in [2.05, 4.69) is 0 Å². The molecule has 10 heteroatoms. The van der Waals surface area contributed by atoms with Crippen molar-refractivity contribution in [1.29, 1.82) is 0 Å². The number of hydrogen-bond donors (Lipinski definition) is 0. The molecule has 2 aromatic rings. The number of Topliss-reactive ketones (excluding diaryl/α,β-unsaturated/α-hetero) is 2. The zero-order valence-electron chi connectivity index (χ0n) is 16.0. The summed E-state index contributed by atoms with van der Waals surface area (Å²) in [5, 5.41) is -0.0791. The molecule has 0 amide bonds. The fourth-order valence-corrected chi connectivity index (χ4v) is 8.04. The lowest BCUT2D eigenvalue weighted by Gasteiger charge is -2.20. The van der Waals surface area contributed by atoms with Crippen LogP contribution in [0.25, 0.3) is 0 Å². The molecule has 0 aromatic heterocycles. The topological polar surface area (TPSA) is 102 Å². The van der Waals surface area contributed by atoms with Gasteiger partial charge in [0.1, 0.15) is 0 Å². The largest absolute Gasteiger partial charge is 0.294 e. The number of hydrogen-bond acceptors (Lipinski definition) is 6. The predicted molar refractivity (Wildman–Crippen MR) is 116 cm³/mol. The van der Waals surface area contributed by atoms with Crippen LogP contribution < -0.4 is 0 Å². The SMILES string of the molecule is O=C1CCCC(S(=O)(=O)c2ccccc2Cl)=C1C(=O)c1ccc2c(c1Cl)CCS2(=O)=O. The van der Waals surface area contributed by atoms with E-state index in [1.165, 1.54) is 30.3 Å². The minimum atomic E-state index is -4.20. The monoisotopic (exact) mass is 498 g/mol. The van der Waals surface area contributed by atoms with Crippen molar-refractivity contribution in [2.45, 2.75) is 35.5 Å². The van der Waals surface area contributed by atoms with Crippen molar-refractivity contribution >= 4 is 54.4 Å². The Morgan fingerprint density at radius 2 is 1.68 bits per heavy atom. The summed E-state index contributed by atoms with van der Waals surface area (Å²) in [6.07, 6.45) is 0.469. The molecule has 0 saturated heterocycles. The summed E-state index contributed by atoms with van der Waals surface area (Å²) in [5.74, 6) is -1.54. The zero-order chi connectivity index (χ0) is 22.6. The van der Waals surface area contributed by atoms with E-state index in [1.807, 2.05) is 0 Å². The van der Waals surface area contributed by atoms with E-state index >= 15 is 0 Å². The first-order valence-corrected chi connectivity index (χ1v) is 13.3. The highest BCUT2D eigenvalue weighted by atomic mass is 35.5. The summed E-state index contributed by atoms with van der Waals surface area (Å²) in [4.78, 5) is 25.7. The van der Waals surface area contributed by atoms with E-state index in [0.29, 0.717) is 5.56 Å². The van der Waals surface area contributed by atoms with Crippen LogP contribution in [0.2, 0.25) is 10.0 Å². The molecule has 2 aliphatic rings. The average molecular weight is 499 g/mol. The van der Waals surface area contributed by atoms with Gasteiger partial charge in [-0.2, -0.15) is 0 Å². The van der Waals surface area contributed by atoms with Gasteiger partial charge in [0.05, 0.1) is 36.1 Å². The minimum absolute atomic E-state index is 0.0112. The normalized spacial score (nSPS) is 18.2. The molecule has 1 aliphatic carbocycles. The lowest BCUT2D eigenvalue weighted by Crippen LogP contribution is -2.24. The van der Waals surface area contributed by atoms with Crippen LogP contribution in [-0.2, 0) is 30.9 Å². The Kier molecular flexibility index (Phi) is 5.62. The van der Waals surface area contributed by atoms with Crippen LogP contribution >= 0.6 is 23.2 Å². The number of ketones is 2. The van der Waals surface area contributed by atoms with Gasteiger partial charge >= 0.3 is 0 Å². The number of sulfone groups is 2. The molecule has 0 fully saturated rings. The molecule has 0 saturated carbocycles. The first-order chi connectivity index (χ1) is 14.6. The van der Waals surface area contributed by atoms with Crippen molar-refractivity contribution in [3.63, 3.8) is 0 Å². The maximum Gasteiger partial charge on any atom is 0.205 e. The molecule has 0 unspecified atom stereocenters. The van der Waals surface area contributed by atoms with Crippen molar-refractivity contribution in [3.8, 4) is 0 Å². The Morgan fingerprint density at radius 1 is 0.968 bits per heavy atom. The highest BCUT2D eigenvalue weighted by molar-refractivity contribution is 7.95. The first kappa shape index (κ1) is 22.2. The van der Waals surface area contributed by atoms with Gasteiger partial charge < -0.3 is 0 Å². The third kappa shape index (κ3) is 3.65. The summed E-state index contributed by atoms with van der Waals surface area (Å²) >= 11 is 12.4. The molecule has 1 aliphatic heterocycles. The smallest absolute Gasteiger partial charge is 0.205 e. The minimum Gasteiger partial charge on any atom is -0.294 e. The summed E-state index contributed by atoms with van der Waals surface area (Å²) in [6.45, 7) is 0. The van der Waals surface area contributed by atoms with Crippen LogP contribution in [0.1, 0.15) is 35.2 Å². The highest BCUT2D eigenvalue weighted by Gasteiger charge is 2.37. The maximum atomic E-state index is 13.4. The quantitative estimate of drug-likeness (QED) is 0.466. The standard InChI is InChI=1S/C21H16Cl2O6S2/c22-14-4-1-2-6-17(14)31(28,29)18-7-3-5-15(24)19(18)21(25)13-8-9-16-12(20(13)23)10-11-30(16,26)27/h1-2,4,6,8-9H,3,5,7,10-11H2. The molecule has 0 atom stereocenters. The van der Waals surface area contributed by atoms with Gasteiger partial charge in [-0.15, -0.1) is 0 Å². The Labute approximate surface area is 189 Å². The fraction of sp³-hybridized carbons (Fsp3) is 0.238. The summed E-state index contributed by atoms with van der Waals surface area (Å²) in [5.41, 5.74) is -0.213. The van der Waals surface area contributed by atoms with Gasteiger partial charge in [-0.3, -0.25) is 9.59 Å². The molecular formula is C21H16Cl2O6S2. The third-order valence-corrected chi connectivity index (χ3v) is 10.1. The Morgan fingerprint density at radius 3 is 2.39 bits per heavy atom. The van der Waals surface area contributed by atoms with E-state index in [-0.39, 0.29) is 61.7 Å². The van der Waals surface area contributed by atoms with E-state index in [4.69, 9.17) is 23.2 Å². The number of fused-ring (bicyclic) bond motifs is 1. The van der Waals surface area contributed by atoms with E-state index in [1.54, 1.807) is 6.07 Å². The second-order valence-corrected chi connectivity index (χ2v) is 12.1. The zero-order valence-corrected chi connectivity index (χ0v) is 19.2. The van der Waals surface area contributed by atoms with Crippen molar-refractivity contribution in [2.24, 2.45) is 0 Å². The molecule has 0 bridgehead atoms. The molecule has 31 heavy (non-hydrogen) atoms. The van der Waals surface area contributed by atoms with Gasteiger partial charge in [0.25, 0.3) is 0 Å². The van der Waals surface area contributed by atoms with Crippen LogP contribution in [0.5, 0.6) is 0 Å². The van der Waals surface area contributed by atoms with Crippen molar-refractivity contribution in [3.05, 3.63) is 68.0 Å². The second kappa shape index (κ2) is 7.85. The number of carbonyl (C=O) groups excluding carboxylic acids is 2. The molecule has 0 spiro atoms. The maximum absolute atomic E-state index is 13.4. The van der Waals surface area contributed by atoms with Crippen LogP contribution in [0, 0.1) is 0 Å². The average Bonchev–Trinajstić information content (AvgIpc) is 3.03. The predicted octanol–water partition coefficient (Wildman–Crippen LogP) is 3.99. The van der Waals surface area contributed by atoms with Gasteiger partial charge in [0.15, 0.2) is 21.4 Å². The number of rotatable bonds is 4. The summed E-state index contributed by atoms with van der Waals surface area (Å²) in [6, 6.07) is 8.33. The van der Waals surface area contributed by atoms with Crippen LogP contribution in [0.15, 0.2) is 56.7 Å². The van der Waals surface area contributed by atoms with Crippen LogP contribution in [0.4, 0.5) is 0 Å². The number of allylic oxidation sites excluding steroid dienone is 2. The number of carbonyl (C=O) groups is 2. The fourth-order valence-electron chi connectivity index (χ4n) is 3.92. The van der Waals surface area contributed by atoms with Gasteiger partial charge in [-0.1, -0.05) is 35.3 Å². The van der Waals surface area contributed by atoms with Crippen molar-refractivity contribution in [2.75, 3.05) is 5.75 Å². The molecule has 0 N–H and O–H groups in total. The third-order valence-electron chi connectivity index (χ3n) is 5.44. The number of halogens is 2. The Hall–Kier alpha value is -2.00. The Balaban J connectivity index is 1.91. The number of benzene rings is 2.